The molecule has 0 aromatic rings. The summed E-state index contributed by atoms with van der Waals surface area (Å²) in [5, 5.41) is 6.49. The van der Waals surface area contributed by atoms with Gasteiger partial charge in [0, 0.05) is 25.4 Å². The Hall–Kier alpha value is -0.0900. The Morgan fingerprint density at radius 1 is 1.17 bits per heavy atom. The van der Waals surface area contributed by atoms with Crippen LogP contribution in [0.4, 0.5) is 0 Å². The second-order valence-electron chi connectivity index (χ2n) is 5.96. The standard InChI is InChI=1S/C16H36N4O2S.HI/c1-6-17-16(19-15(4)11-14-23(5,21)22)18-12-9-10-13-20(7-2)8-3;/h15H,6-14H2,1-5H3,(H2,17,18,19);1H. The van der Waals surface area contributed by atoms with Crippen molar-refractivity contribution in [3.63, 3.8) is 0 Å². The molecule has 0 aromatic heterocycles. The van der Waals surface area contributed by atoms with Crippen LogP contribution in [0, 0.1) is 0 Å². The molecule has 2 N–H and O–H groups in total. The monoisotopic (exact) mass is 476 g/mol. The van der Waals surface area contributed by atoms with E-state index in [2.05, 4.69) is 34.4 Å². The van der Waals surface area contributed by atoms with E-state index in [1.807, 2.05) is 13.8 Å². The van der Waals surface area contributed by atoms with Crippen molar-refractivity contribution in [2.75, 3.05) is 44.7 Å². The minimum absolute atomic E-state index is 0. The van der Waals surface area contributed by atoms with Gasteiger partial charge in [-0.2, -0.15) is 0 Å². The molecule has 0 aliphatic rings. The zero-order chi connectivity index (χ0) is 17.7. The van der Waals surface area contributed by atoms with E-state index in [4.69, 9.17) is 0 Å². The van der Waals surface area contributed by atoms with Gasteiger partial charge in [0.2, 0.25) is 0 Å². The van der Waals surface area contributed by atoms with E-state index in [-0.39, 0.29) is 35.8 Å². The highest BCUT2D eigenvalue weighted by Gasteiger charge is 2.09. The molecule has 0 radical (unpaired) electrons. The van der Waals surface area contributed by atoms with Crippen LogP contribution in [0.25, 0.3) is 0 Å². The summed E-state index contributed by atoms with van der Waals surface area (Å²) in [5.74, 6) is 0.973. The molecular formula is C16H37IN4O2S. The van der Waals surface area contributed by atoms with Gasteiger partial charge < -0.3 is 15.5 Å². The van der Waals surface area contributed by atoms with Crippen LogP contribution in [-0.4, -0.2) is 70.1 Å². The van der Waals surface area contributed by atoms with Crippen LogP contribution in [0.3, 0.4) is 0 Å². The molecule has 0 rings (SSSR count). The highest BCUT2D eigenvalue weighted by Crippen LogP contribution is 1.97. The number of unbranched alkanes of at least 4 members (excludes halogenated alkanes) is 1. The number of hydrogen-bond donors (Lipinski definition) is 2. The molecule has 1 atom stereocenters. The Kier molecular flexibility index (Phi) is 16.5. The quantitative estimate of drug-likeness (QED) is 0.195. The molecule has 1 unspecified atom stereocenters. The van der Waals surface area contributed by atoms with Gasteiger partial charge in [-0.15, -0.1) is 24.0 Å². The largest absolute Gasteiger partial charge is 0.357 e. The SMILES string of the molecule is CCNC(=NCCCCN(CC)CC)NC(C)CCS(C)(=O)=O.I. The highest BCUT2D eigenvalue weighted by atomic mass is 127. The molecule has 0 bridgehead atoms. The van der Waals surface area contributed by atoms with E-state index in [1.165, 1.54) is 6.26 Å². The molecule has 0 saturated carbocycles. The first-order chi connectivity index (χ1) is 10.8. The van der Waals surface area contributed by atoms with E-state index >= 15 is 0 Å². The van der Waals surface area contributed by atoms with Crippen molar-refractivity contribution in [1.29, 1.82) is 0 Å². The van der Waals surface area contributed by atoms with Crippen molar-refractivity contribution in [3.8, 4) is 0 Å². The smallest absolute Gasteiger partial charge is 0.191 e. The summed E-state index contributed by atoms with van der Waals surface area (Å²) in [7, 11) is -2.91. The van der Waals surface area contributed by atoms with Gasteiger partial charge in [-0.05, 0) is 52.7 Å². The maximum atomic E-state index is 11.2. The number of rotatable bonds is 12. The van der Waals surface area contributed by atoms with Crippen molar-refractivity contribution < 1.29 is 8.42 Å². The van der Waals surface area contributed by atoms with Crippen LogP contribution in [-0.2, 0) is 9.84 Å². The minimum Gasteiger partial charge on any atom is -0.357 e. The van der Waals surface area contributed by atoms with Crippen LogP contribution in [0.1, 0.15) is 47.0 Å². The lowest BCUT2D eigenvalue weighted by atomic mass is 10.2. The third-order valence-electron chi connectivity index (χ3n) is 3.70. The summed E-state index contributed by atoms with van der Waals surface area (Å²) in [4.78, 5) is 6.99. The topological polar surface area (TPSA) is 73.8 Å². The van der Waals surface area contributed by atoms with Gasteiger partial charge in [0.1, 0.15) is 9.84 Å². The van der Waals surface area contributed by atoms with Gasteiger partial charge in [-0.1, -0.05) is 13.8 Å². The van der Waals surface area contributed by atoms with Crippen LogP contribution >= 0.6 is 24.0 Å². The molecule has 0 fully saturated rings. The molecule has 0 aliphatic carbocycles. The van der Waals surface area contributed by atoms with Crippen LogP contribution < -0.4 is 10.6 Å². The Morgan fingerprint density at radius 3 is 2.29 bits per heavy atom. The normalized spacial score (nSPS) is 13.5. The van der Waals surface area contributed by atoms with Crippen molar-refractivity contribution >= 4 is 39.8 Å². The van der Waals surface area contributed by atoms with E-state index in [9.17, 15) is 8.42 Å². The van der Waals surface area contributed by atoms with Gasteiger partial charge >= 0.3 is 0 Å². The first-order valence-electron chi connectivity index (χ1n) is 8.77. The maximum absolute atomic E-state index is 11.2. The van der Waals surface area contributed by atoms with E-state index < -0.39 is 9.84 Å². The Labute approximate surface area is 166 Å². The van der Waals surface area contributed by atoms with Crippen molar-refractivity contribution in [3.05, 3.63) is 0 Å². The number of sulfone groups is 1. The number of halogens is 1. The average Bonchev–Trinajstić information content (AvgIpc) is 2.48. The molecule has 0 heterocycles. The lowest BCUT2D eigenvalue weighted by Gasteiger charge is -2.18. The Morgan fingerprint density at radius 2 is 1.79 bits per heavy atom. The fourth-order valence-electron chi connectivity index (χ4n) is 2.19. The maximum Gasteiger partial charge on any atom is 0.191 e. The van der Waals surface area contributed by atoms with Crippen molar-refractivity contribution in [2.45, 2.75) is 53.0 Å². The third kappa shape index (κ3) is 15.4. The Balaban J connectivity index is 0. The fraction of sp³-hybridized carbons (Fsp3) is 0.938. The molecule has 8 heteroatoms. The van der Waals surface area contributed by atoms with Gasteiger partial charge in [0.15, 0.2) is 5.96 Å². The molecular weight excluding hydrogens is 439 g/mol. The van der Waals surface area contributed by atoms with E-state index in [0.717, 1.165) is 51.5 Å². The van der Waals surface area contributed by atoms with Gasteiger partial charge in [-0.3, -0.25) is 4.99 Å². The predicted octanol–water partition coefficient (Wildman–Crippen LogP) is 2.10. The van der Waals surface area contributed by atoms with E-state index in [1.54, 1.807) is 0 Å². The summed E-state index contributed by atoms with van der Waals surface area (Å²) in [6.07, 6.45) is 4.07. The summed E-state index contributed by atoms with van der Waals surface area (Å²) in [5.41, 5.74) is 0. The van der Waals surface area contributed by atoms with Crippen LogP contribution in [0.15, 0.2) is 4.99 Å². The minimum atomic E-state index is -2.91. The molecule has 0 aliphatic heterocycles. The van der Waals surface area contributed by atoms with Crippen molar-refractivity contribution in [1.82, 2.24) is 15.5 Å². The van der Waals surface area contributed by atoms with Gasteiger partial charge in [0.05, 0.1) is 5.75 Å². The number of guanidine groups is 1. The molecule has 24 heavy (non-hydrogen) atoms. The first-order valence-corrected chi connectivity index (χ1v) is 10.8. The van der Waals surface area contributed by atoms with Gasteiger partial charge in [-0.25, -0.2) is 8.42 Å². The van der Waals surface area contributed by atoms with Crippen LogP contribution in [0.5, 0.6) is 0 Å². The summed E-state index contributed by atoms with van der Waals surface area (Å²) < 4.78 is 22.4. The fourth-order valence-corrected chi connectivity index (χ4v) is 2.98. The lowest BCUT2D eigenvalue weighted by molar-refractivity contribution is 0.297. The summed E-state index contributed by atoms with van der Waals surface area (Å²) in [6, 6.07) is 0.0817. The van der Waals surface area contributed by atoms with Crippen LogP contribution in [0.2, 0.25) is 0 Å². The lowest BCUT2D eigenvalue weighted by Crippen LogP contribution is -2.42. The number of hydrogen-bond acceptors (Lipinski definition) is 4. The first kappa shape index (κ1) is 26.1. The molecule has 6 nitrogen and oxygen atoms in total. The molecule has 0 amide bonds. The van der Waals surface area contributed by atoms with E-state index in [0.29, 0.717) is 6.42 Å². The second kappa shape index (κ2) is 15.2. The average molecular weight is 476 g/mol. The number of nitrogens with one attached hydrogen (secondary N) is 2. The van der Waals surface area contributed by atoms with Crippen molar-refractivity contribution in [2.24, 2.45) is 4.99 Å². The zero-order valence-corrected chi connectivity index (χ0v) is 19.1. The molecule has 0 saturated heterocycles. The number of nitrogens with zero attached hydrogens (tertiary/aromatic N) is 2. The number of aliphatic imine (C=N–C) groups is 1. The molecule has 146 valence electrons. The third-order valence-corrected chi connectivity index (χ3v) is 4.67. The molecule has 0 aromatic carbocycles. The van der Waals surface area contributed by atoms with Gasteiger partial charge in [0.25, 0.3) is 0 Å². The Bertz CT molecular complexity index is 426. The zero-order valence-electron chi connectivity index (χ0n) is 16.0. The summed E-state index contributed by atoms with van der Waals surface area (Å²) in [6.45, 7) is 13.3. The highest BCUT2D eigenvalue weighted by molar-refractivity contribution is 14.0. The predicted molar refractivity (Wildman–Crippen MR) is 115 cm³/mol. The second-order valence-corrected chi connectivity index (χ2v) is 8.22. The summed E-state index contributed by atoms with van der Waals surface area (Å²) >= 11 is 0. The molecule has 0 spiro atoms.